The number of hydrogen-bond donors (Lipinski definition) is 1. The number of hydrogen-bond acceptors (Lipinski definition) is 6. The molecule has 1 fully saturated rings. The fourth-order valence-electron chi connectivity index (χ4n) is 4.90. The molecule has 172 valence electrons. The van der Waals surface area contributed by atoms with Gasteiger partial charge in [-0.1, -0.05) is 26.0 Å². The Morgan fingerprint density at radius 2 is 2.03 bits per heavy atom. The van der Waals surface area contributed by atoms with Crippen LogP contribution in [0, 0.1) is 33.3 Å². The molecule has 1 saturated heterocycles. The van der Waals surface area contributed by atoms with Gasteiger partial charge >= 0.3 is 0 Å². The van der Waals surface area contributed by atoms with Gasteiger partial charge < -0.3 is 15.1 Å². The number of nitrogens with zero attached hydrogens (tertiary/aromatic N) is 4. The van der Waals surface area contributed by atoms with Gasteiger partial charge in [0.1, 0.15) is 6.07 Å². The van der Waals surface area contributed by atoms with Gasteiger partial charge in [-0.2, -0.15) is 5.26 Å². The Morgan fingerprint density at radius 1 is 1.24 bits per heavy atom. The predicted octanol–water partition coefficient (Wildman–Crippen LogP) is 3.50. The predicted molar refractivity (Wildman–Crippen MR) is 127 cm³/mol. The van der Waals surface area contributed by atoms with E-state index in [9.17, 15) is 20.2 Å². The lowest BCUT2D eigenvalue weighted by Crippen LogP contribution is -2.61. The van der Waals surface area contributed by atoms with Gasteiger partial charge in [-0.15, -0.1) is 0 Å². The number of para-hydroxylation sites is 1. The molecule has 0 spiro atoms. The van der Waals surface area contributed by atoms with Crippen molar-refractivity contribution < 1.29 is 9.72 Å². The second-order valence-corrected chi connectivity index (χ2v) is 9.19. The Labute approximate surface area is 193 Å². The number of carbonyl (C=O) groups is 1. The Bertz CT molecular complexity index is 1090. The second kappa shape index (κ2) is 9.49. The van der Waals surface area contributed by atoms with Crippen LogP contribution in [0.5, 0.6) is 0 Å². The van der Waals surface area contributed by atoms with E-state index in [0.717, 1.165) is 23.4 Å². The summed E-state index contributed by atoms with van der Waals surface area (Å²) in [7, 11) is 0. The second-order valence-electron chi connectivity index (χ2n) is 9.19. The van der Waals surface area contributed by atoms with Crippen LogP contribution in [0.25, 0.3) is 0 Å². The minimum Gasteiger partial charge on any atom is -0.367 e. The van der Waals surface area contributed by atoms with Crippen molar-refractivity contribution in [2.75, 3.05) is 36.0 Å². The van der Waals surface area contributed by atoms with Gasteiger partial charge in [0.2, 0.25) is 5.91 Å². The summed E-state index contributed by atoms with van der Waals surface area (Å²) in [5.41, 5.74) is 3.36. The Kier molecular flexibility index (Phi) is 6.50. The molecule has 8 heteroatoms. The molecular formula is C25H29N5O3. The molecule has 2 aromatic carbocycles. The summed E-state index contributed by atoms with van der Waals surface area (Å²) in [6.45, 7) is 6.84. The van der Waals surface area contributed by atoms with Gasteiger partial charge in [0.25, 0.3) is 5.69 Å². The molecule has 0 aliphatic carbocycles. The van der Waals surface area contributed by atoms with Crippen molar-refractivity contribution in [3.63, 3.8) is 0 Å². The SMILES string of the molecule is CC(C)CCNC(=O)[C@H]1Cc2cc([N+](=O)[O-])ccc2N2CCN(c3ccccc3C#N)C[C@H]12. The Balaban J connectivity index is 1.65. The summed E-state index contributed by atoms with van der Waals surface area (Å²) in [4.78, 5) is 28.6. The molecule has 2 heterocycles. The number of nitrogens with one attached hydrogen (secondary N) is 1. The number of nitro benzene ring substituents is 1. The third-order valence-electron chi connectivity index (χ3n) is 6.63. The van der Waals surface area contributed by atoms with E-state index in [0.29, 0.717) is 44.1 Å². The number of anilines is 2. The van der Waals surface area contributed by atoms with Crippen LogP contribution in [0.1, 0.15) is 31.4 Å². The number of fused-ring (bicyclic) bond motifs is 3. The number of benzene rings is 2. The topological polar surface area (TPSA) is 103 Å². The van der Waals surface area contributed by atoms with Crippen LogP contribution >= 0.6 is 0 Å². The van der Waals surface area contributed by atoms with E-state index in [4.69, 9.17) is 0 Å². The van der Waals surface area contributed by atoms with Crippen LogP contribution in [-0.2, 0) is 11.2 Å². The molecule has 1 amide bonds. The largest absolute Gasteiger partial charge is 0.367 e. The zero-order valence-corrected chi connectivity index (χ0v) is 19.0. The molecule has 2 aliphatic rings. The highest BCUT2D eigenvalue weighted by Crippen LogP contribution is 2.39. The quantitative estimate of drug-likeness (QED) is 0.537. The molecular weight excluding hydrogens is 418 g/mol. The van der Waals surface area contributed by atoms with E-state index in [1.165, 1.54) is 6.07 Å². The molecule has 2 aliphatic heterocycles. The summed E-state index contributed by atoms with van der Waals surface area (Å²) >= 11 is 0. The first-order chi connectivity index (χ1) is 15.9. The summed E-state index contributed by atoms with van der Waals surface area (Å²) in [6, 6.07) is 14.7. The normalized spacial score (nSPS) is 19.5. The molecule has 0 unspecified atom stereocenters. The molecule has 33 heavy (non-hydrogen) atoms. The first-order valence-corrected chi connectivity index (χ1v) is 11.4. The molecule has 2 atom stereocenters. The smallest absolute Gasteiger partial charge is 0.269 e. The van der Waals surface area contributed by atoms with E-state index in [1.54, 1.807) is 6.07 Å². The number of carbonyl (C=O) groups excluding carboxylic acids is 1. The summed E-state index contributed by atoms with van der Waals surface area (Å²) in [5.74, 6) is 0.145. The highest BCUT2D eigenvalue weighted by molar-refractivity contribution is 5.82. The van der Waals surface area contributed by atoms with E-state index in [-0.39, 0.29) is 28.5 Å². The lowest BCUT2D eigenvalue weighted by molar-refractivity contribution is -0.384. The number of nitriles is 1. The van der Waals surface area contributed by atoms with E-state index >= 15 is 0 Å². The highest BCUT2D eigenvalue weighted by atomic mass is 16.6. The Hall–Kier alpha value is -3.60. The van der Waals surface area contributed by atoms with Crippen LogP contribution in [-0.4, -0.2) is 43.1 Å². The van der Waals surface area contributed by atoms with Crippen LogP contribution in [0.2, 0.25) is 0 Å². The van der Waals surface area contributed by atoms with Gasteiger partial charge in [-0.3, -0.25) is 14.9 Å². The first kappa shape index (κ1) is 22.6. The fraction of sp³-hybridized carbons (Fsp3) is 0.440. The molecule has 8 nitrogen and oxygen atoms in total. The minimum atomic E-state index is -0.388. The molecule has 0 bridgehead atoms. The zero-order chi connectivity index (χ0) is 23.5. The zero-order valence-electron chi connectivity index (χ0n) is 19.0. The van der Waals surface area contributed by atoms with Crippen LogP contribution < -0.4 is 15.1 Å². The minimum absolute atomic E-state index is 0.0155. The van der Waals surface area contributed by atoms with Gasteiger partial charge in [-0.25, -0.2) is 0 Å². The first-order valence-electron chi connectivity index (χ1n) is 11.4. The molecule has 2 aromatic rings. The number of nitro groups is 1. The molecule has 4 rings (SSSR count). The van der Waals surface area contributed by atoms with Crippen LogP contribution in [0.4, 0.5) is 17.1 Å². The van der Waals surface area contributed by atoms with Gasteiger partial charge in [0.05, 0.1) is 28.1 Å². The van der Waals surface area contributed by atoms with Crippen molar-refractivity contribution in [1.82, 2.24) is 5.32 Å². The van der Waals surface area contributed by atoms with Crippen molar-refractivity contribution in [1.29, 1.82) is 5.26 Å². The van der Waals surface area contributed by atoms with E-state index < -0.39 is 0 Å². The lowest BCUT2D eigenvalue weighted by atomic mass is 9.83. The molecule has 0 aromatic heterocycles. The monoisotopic (exact) mass is 447 g/mol. The number of amides is 1. The maximum Gasteiger partial charge on any atom is 0.269 e. The molecule has 0 saturated carbocycles. The van der Waals surface area contributed by atoms with Crippen LogP contribution in [0.3, 0.4) is 0 Å². The van der Waals surface area contributed by atoms with E-state index in [2.05, 4.69) is 35.0 Å². The number of piperazine rings is 1. The maximum atomic E-state index is 13.3. The van der Waals surface area contributed by atoms with Gasteiger partial charge in [0.15, 0.2) is 0 Å². The average Bonchev–Trinajstić information content (AvgIpc) is 2.82. The lowest BCUT2D eigenvalue weighted by Gasteiger charge is -2.49. The van der Waals surface area contributed by atoms with Crippen LogP contribution in [0.15, 0.2) is 42.5 Å². The van der Waals surface area contributed by atoms with Crippen molar-refractivity contribution in [3.05, 3.63) is 63.7 Å². The van der Waals surface area contributed by atoms with Crippen molar-refractivity contribution in [3.8, 4) is 6.07 Å². The van der Waals surface area contributed by atoms with Crippen molar-refractivity contribution in [2.45, 2.75) is 32.7 Å². The van der Waals surface area contributed by atoms with E-state index in [1.807, 2.05) is 30.3 Å². The third kappa shape index (κ3) is 4.63. The molecule has 1 N–H and O–H groups in total. The number of non-ortho nitro benzene ring substituents is 1. The standard InChI is InChI=1S/C25H29N5O3/c1-17(2)9-10-27-25(31)21-14-19-13-20(30(32)33)7-8-23(19)29-12-11-28(16-24(21)29)22-6-4-3-5-18(22)15-26/h3-8,13,17,21,24H,9-12,14,16H2,1-2H3,(H,27,31)/t21-,24+/m0/s1. The highest BCUT2D eigenvalue weighted by Gasteiger charge is 2.42. The Morgan fingerprint density at radius 3 is 2.76 bits per heavy atom. The van der Waals surface area contributed by atoms with Gasteiger partial charge in [0, 0.05) is 44.0 Å². The fourth-order valence-corrected chi connectivity index (χ4v) is 4.90. The number of rotatable bonds is 6. The molecule has 0 radical (unpaired) electrons. The van der Waals surface area contributed by atoms with Crippen molar-refractivity contribution >= 4 is 23.0 Å². The van der Waals surface area contributed by atoms with Gasteiger partial charge in [-0.05, 0) is 42.5 Å². The summed E-state index contributed by atoms with van der Waals surface area (Å²) in [5, 5.41) is 24.0. The third-order valence-corrected chi connectivity index (χ3v) is 6.63. The summed E-state index contributed by atoms with van der Waals surface area (Å²) in [6.07, 6.45) is 1.36. The summed E-state index contributed by atoms with van der Waals surface area (Å²) < 4.78 is 0. The maximum absolute atomic E-state index is 13.3. The average molecular weight is 448 g/mol. The van der Waals surface area contributed by atoms with Crippen molar-refractivity contribution in [2.24, 2.45) is 11.8 Å².